The van der Waals surface area contributed by atoms with E-state index in [1.165, 1.54) is 19.3 Å². The highest BCUT2D eigenvalue weighted by Gasteiger charge is 2.11. The van der Waals surface area contributed by atoms with Crippen molar-refractivity contribution >= 4 is 32.9 Å². The molecule has 0 spiro atoms. The molecule has 0 amide bonds. The van der Waals surface area contributed by atoms with Gasteiger partial charge in [-0.25, -0.2) is 4.98 Å². The van der Waals surface area contributed by atoms with Crippen molar-refractivity contribution < 1.29 is 5.11 Å². The molecule has 0 saturated carbocycles. The van der Waals surface area contributed by atoms with Gasteiger partial charge in [0, 0.05) is 23.1 Å². The van der Waals surface area contributed by atoms with Crippen molar-refractivity contribution in [3.8, 4) is 5.75 Å². The largest absolute Gasteiger partial charge is 0.508 e. The van der Waals surface area contributed by atoms with E-state index >= 15 is 0 Å². The Morgan fingerprint density at radius 1 is 1.12 bits per heavy atom. The van der Waals surface area contributed by atoms with E-state index in [0.29, 0.717) is 12.3 Å². The Morgan fingerprint density at radius 2 is 1.96 bits per heavy atom. The van der Waals surface area contributed by atoms with E-state index in [1.54, 1.807) is 6.07 Å². The summed E-state index contributed by atoms with van der Waals surface area (Å²) in [5.74, 6) is 1.15. The molecule has 0 bridgehead atoms. The van der Waals surface area contributed by atoms with Crippen LogP contribution < -0.4 is 5.32 Å². The number of hydrogen-bond acceptors (Lipinski definition) is 3. The number of unbranched alkanes of at least 4 members (excludes halogenated alkanes) is 3. The van der Waals surface area contributed by atoms with Crippen molar-refractivity contribution in [1.82, 2.24) is 9.55 Å². The number of halogens is 1. The minimum atomic E-state index is 0.293. The van der Waals surface area contributed by atoms with Crippen LogP contribution >= 0.6 is 15.9 Å². The summed E-state index contributed by atoms with van der Waals surface area (Å²) in [4.78, 5) is 4.74. The molecular formula is C20H24BrN3O. The van der Waals surface area contributed by atoms with Crippen molar-refractivity contribution in [3.05, 3.63) is 52.5 Å². The van der Waals surface area contributed by atoms with Gasteiger partial charge in [0.2, 0.25) is 5.95 Å². The van der Waals surface area contributed by atoms with Gasteiger partial charge in [-0.1, -0.05) is 54.2 Å². The lowest BCUT2D eigenvalue weighted by Crippen LogP contribution is -2.08. The maximum atomic E-state index is 10.0. The van der Waals surface area contributed by atoms with Crippen LogP contribution in [-0.4, -0.2) is 14.7 Å². The van der Waals surface area contributed by atoms with Crippen LogP contribution in [0.1, 0.15) is 38.2 Å². The number of rotatable bonds is 8. The molecule has 3 rings (SSSR count). The van der Waals surface area contributed by atoms with Crippen LogP contribution in [0.3, 0.4) is 0 Å². The van der Waals surface area contributed by atoms with Gasteiger partial charge < -0.3 is 15.0 Å². The van der Waals surface area contributed by atoms with Gasteiger partial charge in [0.1, 0.15) is 5.75 Å². The standard InChI is InChI=1S/C20H24BrN3O/c1-2-3-4-7-12-24-18-9-6-5-8-17(18)23-20(24)22-14-15-13-16(21)10-11-19(15)25/h5-6,8-11,13,25H,2-4,7,12,14H2,1H3,(H,22,23). The molecule has 1 heterocycles. The van der Waals surface area contributed by atoms with Gasteiger partial charge in [-0.2, -0.15) is 0 Å². The third-order valence-electron chi connectivity index (χ3n) is 4.37. The average molecular weight is 402 g/mol. The summed E-state index contributed by atoms with van der Waals surface area (Å²) in [7, 11) is 0. The lowest BCUT2D eigenvalue weighted by atomic mass is 10.2. The van der Waals surface area contributed by atoms with E-state index < -0.39 is 0 Å². The molecule has 0 aliphatic heterocycles. The van der Waals surface area contributed by atoms with Crippen LogP contribution in [0.2, 0.25) is 0 Å². The lowest BCUT2D eigenvalue weighted by Gasteiger charge is -2.12. The molecule has 4 nitrogen and oxygen atoms in total. The number of phenolic OH excluding ortho intramolecular Hbond substituents is 1. The van der Waals surface area contributed by atoms with E-state index in [4.69, 9.17) is 4.98 Å². The molecule has 0 saturated heterocycles. The predicted molar refractivity (Wildman–Crippen MR) is 107 cm³/mol. The number of nitrogens with one attached hydrogen (secondary N) is 1. The fraction of sp³-hybridized carbons (Fsp3) is 0.350. The van der Waals surface area contributed by atoms with Gasteiger partial charge in [0.05, 0.1) is 11.0 Å². The number of benzene rings is 2. The molecule has 0 fully saturated rings. The number of para-hydroxylation sites is 2. The van der Waals surface area contributed by atoms with Crippen LogP contribution in [0.25, 0.3) is 11.0 Å². The van der Waals surface area contributed by atoms with E-state index in [-0.39, 0.29) is 0 Å². The lowest BCUT2D eigenvalue weighted by molar-refractivity contribution is 0.469. The maximum absolute atomic E-state index is 10.0. The van der Waals surface area contributed by atoms with Crippen LogP contribution in [0.5, 0.6) is 5.75 Å². The monoisotopic (exact) mass is 401 g/mol. The number of phenols is 1. The molecule has 5 heteroatoms. The second kappa shape index (κ2) is 8.39. The summed E-state index contributed by atoms with van der Waals surface area (Å²) in [6.45, 7) is 3.71. The molecular weight excluding hydrogens is 378 g/mol. The smallest absolute Gasteiger partial charge is 0.204 e. The Kier molecular flexibility index (Phi) is 5.97. The first-order valence-corrected chi connectivity index (χ1v) is 9.65. The molecule has 2 aromatic carbocycles. The second-order valence-corrected chi connectivity index (χ2v) is 7.18. The normalized spacial score (nSPS) is 11.1. The fourth-order valence-electron chi connectivity index (χ4n) is 3.00. The van der Waals surface area contributed by atoms with Gasteiger partial charge in [-0.15, -0.1) is 0 Å². The number of nitrogens with zero attached hydrogens (tertiary/aromatic N) is 2. The minimum Gasteiger partial charge on any atom is -0.508 e. The van der Waals surface area contributed by atoms with Crippen molar-refractivity contribution in [2.45, 2.75) is 45.7 Å². The van der Waals surface area contributed by atoms with Gasteiger partial charge in [0.15, 0.2) is 0 Å². The number of aromatic nitrogens is 2. The third-order valence-corrected chi connectivity index (χ3v) is 4.86. The zero-order chi connectivity index (χ0) is 17.6. The second-order valence-electron chi connectivity index (χ2n) is 6.26. The number of aromatic hydroxyl groups is 1. The Hall–Kier alpha value is -2.01. The van der Waals surface area contributed by atoms with Crippen molar-refractivity contribution in [1.29, 1.82) is 0 Å². The summed E-state index contributed by atoms with van der Waals surface area (Å²) < 4.78 is 3.20. The average Bonchev–Trinajstić information content (AvgIpc) is 2.97. The molecule has 1 aromatic heterocycles. The Bertz CT molecular complexity index is 844. The van der Waals surface area contributed by atoms with Gasteiger partial charge in [0.25, 0.3) is 0 Å². The first kappa shape index (κ1) is 17.8. The molecule has 0 aliphatic rings. The summed E-state index contributed by atoms with van der Waals surface area (Å²) in [5, 5.41) is 13.4. The Labute approximate surface area is 157 Å². The molecule has 25 heavy (non-hydrogen) atoms. The zero-order valence-electron chi connectivity index (χ0n) is 14.5. The van der Waals surface area contributed by atoms with Gasteiger partial charge in [-0.3, -0.25) is 0 Å². The van der Waals surface area contributed by atoms with Gasteiger partial charge in [-0.05, 0) is 36.8 Å². The van der Waals surface area contributed by atoms with Gasteiger partial charge >= 0.3 is 0 Å². The van der Waals surface area contributed by atoms with Crippen molar-refractivity contribution in [2.75, 3.05) is 5.32 Å². The highest BCUT2D eigenvalue weighted by atomic mass is 79.9. The SMILES string of the molecule is CCCCCCn1c(NCc2cc(Br)ccc2O)nc2ccccc21. The number of hydrogen-bond donors (Lipinski definition) is 2. The molecule has 2 N–H and O–H groups in total. The quantitative estimate of drug-likeness (QED) is 0.476. The fourth-order valence-corrected chi connectivity index (χ4v) is 3.41. The maximum Gasteiger partial charge on any atom is 0.204 e. The number of fused-ring (bicyclic) bond motifs is 1. The highest BCUT2D eigenvalue weighted by molar-refractivity contribution is 9.10. The highest BCUT2D eigenvalue weighted by Crippen LogP contribution is 2.25. The summed E-state index contributed by atoms with van der Waals surface area (Å²) in [6.07, 6.45) is 4.87. The van der Waals surface area contributed by atoms with Crippen molar-refractivity contribution in [3.63, 3.8) is 0 Å². The predicted octanol–water partition coefficient (Wildman–Crippen LogP) is 5.70. The number of imidazole rings is 1. The molecule has 3 aromatic rings. The van der Waals surface area contributed by atoms with E-state index in [0.717, 1.165) is 40.0 Å². The molecule has 0 atom stereocenters. The first-order valence-electron chi connectivity index (χ1n) is 8.85. The molecule has 132 valence electrons. The van der Waals surface area contributed by atoms with Crippen LogP contribution in [-0.2, 0) is 13.1 Å². The number of aryl methyl sites for hydroxylation is 1. The van der Waals surface area contributed by atoms with E-state index in [1.807, 2.05) is 24.3 Å². The van der Waals surface area contributed by atoms with E-state index in [9.17, 15) is 5.11 Å². The zero-order valence-corrected chi connectivity index (χ0v) is 16.1. The van der Waals surface area contributed by atoms with Crippen LogP contribution in [0, 0.1) is 0 Å². The Balaban J connectivity index is 1.80. The molecule has 0 aliphatic carbocycles. The summed E-state index contributed by atoms with van der Waals surface area (Å²) >= 11 is 3.45. The first-order chi connectivity index (χ1) is 12.2. The summed E-state index contributed by atoms with van der Waals surface area (Å²) in [5.41, 5.74) is 3.00. The van der Waals surface area contributed by atoms with Crippen molar-refractivity contribution in [2.24, 2.45) is 0 Å². The minimum absolute atomic E-state index is 0.293. The topological polar surface area (TPSA) is 50.1 Å². The van der Waals surface area contributed by atoms with Crippen LogP contribution in [0.15, 0.2) is 46.9 Å². The van der Waals surface area contributed by atoms with E-state index in [2.05, 4.69) is 44.9 Å². The van der Waals surface area contributed by atoms with Crippen LogP contribution in [0.4, 0.5) is 5.95 Å². The summed E-state index contributed by atoms with van der Waals surface area (Å²) in [6, 6.07) is 13.7. The Morgan fingerprint density at radius 3 is 2.80 bits per heavy atom. The molecule has 0 radical (unpaired) electrons. The number of anilines is 1. The molecule has 0 unspecified atom stereocenters. The third kappa shape index (κ3) is 4.34.